The van der Waals surface area contributed by atoms with Gasteiger partial charge in [-0.2, -0.15) is 13.2 Å². The lowest BCUT2D eigenvalue weighted by Gasteiger charge is -2.14. The SMILES string of the molecule is CSC(=CN(C)C)C(=O)c1ccccc1C(F)(F)F. The molecule has 0 saturated heterocycles. The zero-order chi connectivity index (χ0) is 14.6. The van der Waals surface area contributed by atoms with Gasteiger partial charge in [0.25, 0.3) is 0 Å². The molecule has 0 spiro atoms. The van der Waals surface area contributed by atoms with Gasteiger partial charge in [-0.05, 0) is 12.3 Å². The Kier molecular flexibility index (Phi) is 5.05. The topological polar surface area (TPSA) is 20.3 Å². The summed E-state index contributed by atoms with van der Waals surface area (Å²) in [6, 6.07) is 4.82. The van der Waals surface area contributed by atoms with Gasteiger partial charge in [0, 0.05) is 25.9 Å². The van der Waals surface area contributed by atoms with Crippen molar-refractivity contribution in [2.24, 2.45) is 0 Å². The molecule has 2 nitrogen and oxygen atoms in total. The average Bonchev–Trinajstić information content (AvgIpc) is 2.34. The molecule has 0 amide bonds. The van der Waals surface area contributed by atoms with E-state index in [-0.39, 0.29) is 10.5 Å². The summed E-state index contributed by atoms with van der Waals surface area (Å²) < 4.78 is 38.5. The third kappa shape index (κ3) is 4.02. The van der Waals surface area contributed by atoms with Gasteiger partial charge in [-0.15, -0.1) is 11.8 Å². The van der Waals surface area contributed by atoms with Crippen LogP contribution in [-0.4, -0.2) is 31.0 Å². The molecule has 0 saturated carbocycles. The summed E-state index contributed by atoms with van der Waals surface area (Å²) in [4.78, 5) is 14.1. The van der Waals surface area contributed by atoms with Crippen LogP contribution in [0.1, 0.15) is 15.9 Å². The lowest BCUT2D eigenvalue weighted by molar-refractivity contribution is -0.137. The molecule has 0 bridgehead atoms. The Morgan fingerprint density at radius 3 is 2.32 bits per heavy atom. The Bertz CT molecular complexity index is 495. The summed E-state index contributed by atoms with van der Waals surface area (Å²) in [6.07, 6.45) is -1.36. The molecule has 0 aliphatic heterocycles. The van der Waals surface area contributed by atoms with Gasteiger partial charge < -0.3 is 4.90 Å². The maximum absolute atomic E-state index is 12.8. The smallest absolute Gasteiger partial charge is 0.382 e. The van der Waals surface area contributed by atoms with Crippen molar-refractivity contribution in [3.05, 3.63) is 46.5 Å². The molecule has 0 N–H and O–H groups in total. The Morgan fingerprint density at radius 1 is 1.26 bits per heavy atom. The first kappa shape index (κ1) is 15.6. The molecule has 104 valence electrons. The molecule has 19 heavy (non-hydrogen) atoms. The lowest BCUT2D eigenvalue weighted by atomic mass is 10.0. The fourth-order valence-electron chi connectivity index (χ4n) is 1.50. The van der Waals surface area contributed by atoms with Crippen molar-refractivity contribution in [1.82, 2.24) is 4.90 Å². The van der Waals surface area contributed by atoms with Crippen molar-refractivity contribution in [1.29, 1.82) is 0 Å². The highest BCUT2D eigenvalue weighted by atomic mass is 32.2. The normalized spacial score (nSPS) is 12.4. The highest BCUT2D eigenvalue weighted by Gasteiger charge is 2.35. The van der Waals surface area contributed by atoms with Gasteiger partial charge in [0.15, 0.2) is 0 Å². The van der Waals surface area contributed by atoms with Crippen LogP contribution in [0.25, 0.3) is 0 Å². The number of alkyl halides is 3. The molecule has 1 aromatic rings. The van der Waals surface area contributed by atoms with E-state index in [2.05, 4.69) is 0 Å². The van der Waals surface area contributed by atoms with E-state index in [1.165, 1.54) is 24.4 Å². The van der Waals surface area contributed by atoms with Crippen molar-refractivity contribution < 1.29 is 18.0 Å². The number of carbonyl (C=O) groups excluding carboxylic acids is 1. The summed E-state index contributed by atoms with van der Waals surface area (Å²) in [5, 5.41) is 0. The molecule has 6 heteroatoms. The number of nitrogens with zero attached hydrogens (tertiary/aromatic N) is 1. The number of allylic oxidation sites excluding steroid dienone is 1. The zero-order valence-corrected chi connectivity index (χ0v) is 11.6. The average molecular weight is 289 g/mol. The summed E-state index contributed by atoms with van der Waals surface area (Å²) in [5.41, 5.74) is -1.23. The number of hydrogen-bond acceptors (Lipinski definition) is 3. The molecule has 0 atom stereocenters. The van der Waals surface area contributed by atoms with Crippen molar-refractivity contribution in [3.8, 4) is 0 Å². The van der Waals surface area contributed by atoms with E-state index in [0.717, 1.165) is 17.8 Å². The summed E-state index contributed by atoms with van der Waals surface area (Å²) >= 11 is 1.12. The largest absolute Gasteiger partial charge is 0.417 e. The maximum Gasteiger partial charge on any atom is 0.417 e. The number of carbonyl (C=O) groups is 1. The predicted molar refractivity (Wildman–Crippen MR) is 71.1 cm³/mol. The highest BCUT2D eigenvalue weighted by molar-refractivity contribution is 8.03. The van der Waals surface area contributed by atoms with Gasteiger partial charge in [-0.25, -0.2) is 0 Å². The minimum atomic E-state index is -4.53. The third-order valence-corrected chi connectivity index (χ3v) is 3.03. The minimum Gasteiger partial charge on any atom is -0.382 e. The van der Waals surface area contributed by atoms with Crippen LogP contribution in [0.3, 0.4) is 0 Å². The fraction of sp³-hybridized carbons (Fsp3) is 0.308. The first-order valence-electron chi connectivity index (χ1n) is 5.40. The molecule has 0 aliphatic rings. The number of hydrogen-bond donors (Lipinski definition) is 0. The van der Waals surface area contributed by atoms with Crippen LogP contribution >= 0.6 is 11.8 Å². The van der Waals surface area contributed by atoms with E-state index in [9.17, 15) is 18.0 Å². The van der Waals surface area contributed by atoms with Crippen molar-refractivity contribution in [3.63, 3.8) is 0 Å². The van der Waals surface area contributed by atoms with Crippen LogP contribution in [-0.2, 0) is 6.18 Å². The van der Waals surface area contributed by atoms with Gasteiger partial charge in [-0.1, -0.05) is 18.2 Å². The highest BCUT2D eigenvalue weighted by Crippen LogP contribution is 2.33. The fourth-order valence-corrected chi connectivity index (χ4v) is 2.11. The van der Waals surface area contributed by atoms with Crippen LogP contribution in [0.4, 0.5) is 13.2 Å². The molecule has 0 fully saturated rings. The number of ketones is 1. The third-order valence-electron chi connectivity index (χ3n) is 2.30. The van der Waals surface area contributed by atoms with Gasteiger partial charge in [0.2, 0.25) is 5.78 Å². The number of thioether (sulfide) groups is 1. The van der Waals surface area contributed by atoms with Gasteiger partial charge >= 0.3 is 6.18 Å². The van der Waals surface area contributed by atoms with Crippen LogP contribution < -0.4 is 0 Å². The van der Waals surface area contributed by atoms with E-state index >= 15 is 0 Å². The second-order valence-electron chi connectivity index (χ2n) is 4.03. The summed E-state index contributed by atoms with van der Waals surface area (Å²) in [6.45, 7) is 0. The number of benzene rings is 1. The molecular formula is C13H14F3NOS. The number of halogens is 3. The lowest BCUT2D eigenvalue weighted by Crippen LogP contribution is -2.15. The molecular weight excluding hydrogens is 275 g/mol. The summed E-state index contributed by atoms with van der Waals surface area (Å²) in [5.74, 6) is -0.617. The molecule has 0 unspecified atom stereocenters. The van der Waals surface area contributed by atoms with Crippen molar-refractivity contribution in [2.45, 2.75) is 6.18 Å². The van der Waals surface area contributed by atoms with Crippen LogP contribution in [0, 0.1) is 0 Å². The van der Waals surface area contributed by atoms with Gasteiger partial charge in [0.1, 0.15) is 0 Å². The van der Waals surface area contributed by atoms with Crippen LogP contribution in [0.15, 0.2) is 35.4 Å². The van der Waals surface area contributed by atoms with E-state index in [4.69, 9.17) is 0 Å². The van der Waals surface area contributed by atoms with Gasteiger partial charge in [0.05, 0.1) is 10.5 Å². The molecule has 1 rings (SSSR count). The number of rotatable bonds is 4. The Morgan fingerprint density at radius 2 is 1.84 bits per heavy atom. The minimum absolute atomic E-state index is 0.265. The monoisotopic (exact) mass is 289 g/mol. The van der Waals surface area contributed by atoms with Crippen LogP contribution in [0.2, 0.25) is 0 Å². The quantitative estimate of drug-likeness (QED) is 0.623. The van der Waals surface area contributed by atoms with E-state index in [1.54, 1.807) is 25.3 Å². The second-order valence-corrected chi connectivity index (χ2v) is 4.88. The summed E-state index contributed by atoms with van der Waals surface area (Å²) in [7, 11) is 3.42. The van der Waals surface area contributed by atoms with E-state index < -0.39 is 17.5 Å². The van der Waals surface area contributed by atoms with E-state index in [0.29, 0.717) is 0 Å². The van der Waals surface area contributed by atoms with E-state index in [1.807, 2.05) is 0 Å². The predicted octanol–water partition coefficient (Wildman–Crippen LogP) is 3.65. The number of Topliss-reactive ketones (excluding diaryl/α,β-unsaturated/α-hetero) is 1. The standard InChI is InChI=1S/C13H14F3NOS/c1-17(2)8-11(19-3)12(18)9-6-4-5-7-10(9)13(14,15)16/h4-8H,1-3H3. The molecule has 0 aromatic heterocycles. The van der Waals surface area contributed by atoms with Crippen molar-refractivity contribution in [2.75, 3.05) is 20.4 Å². The molecule has 1 aromatic carbocycles. The van der Waals surface area contributed by atoms with Crippen molar-refractivity contribution >= 4 is 17.5 Å². The molecule has 0 aliphatic carbocycles. The van der Waals surface area contributed by atoms with Crippen LogP contribution in [0.5, 0.6) is 0 Å². The Hall–Kier alpha value is -1.43. The zero-order valence-electron chi connectivity index (χ0n) is 10.8. The molecule has 0 radical (unpaired) electrons. The first-order valence-corrected chi connectivity index (χ1v) is 6.63. The second kappa shape index (κ2) is 6.14. The van der Waals surface area contributed by atoms with Gasteiger partial charge in [-0.3, -0.25) is 4.79 Å². The Balaban J connectivity index is 3.27. The Labute approximate surface area is 114 Å². The molecule has 0 heterocycles. The first-order chi connectivity index (χ1) is 8.77. The maximum atomic E-state index is 12.8.